The molecule has 7 nitrogen and oxygen atoms in total. The van der Waals surface area contributed by atoms with Gasteiger partial charge in [-0.3, -0.25) is 9.31 Å². The van der Waals surface area contributed by atoms with E-state index in [9.17, 15) is 9.00 Å². The zero-order valence-electron chi connectivity index (χ0n) is 13.5. The molecule has 3 rings (SSSR count). The lowest BCUT2D eigenvalue weighted by atomic mass is 9.85. The quantitative estimate of drug-likeness (QED) is 0.772. The number of rotatable bonds is 4. The van der Waals surface area contributed by atoms with Crippen molar-refractivity contribution in [2.24, 2.45) is 0 Å². The maximum Gasteiger partial charge on any atom is 0.315 e. The van der Waals surface area contributed by atoms with Crippen LogP contribution in [0.4, 0.5) is 4.79 Å². The number of carbonyl (C=O) groups is 1. The molecule has 128 valence electrons. The van der Waals surface area contributed by atoms with Crippen molar-refractivity contribution in [3.05, 3.63) is 12.2 Å². The van der Waals surface area contributed by atoms with Gasteiger partial charge in [-0.1, -0.05) is 0 Å². The van der Waals surface area contributed by atoms with Gasteiger partial charge >= 0.3 is 6.03 Å². The van der Waals surface area contributed by atoms with E-state index in [-0.39, 0.29) is 23.4 Å². The second kappa shape index (κ2) is 7.42. The molecule has 0 saturated heterocycles. The molecular weight excluding hydrogens is 314 g/mol. The predicted octanol–water partition coefficient (Wildman–Crippen LogP) is 1.43. The first kappa shape index (κ1) is 16.4. The van der Waals surface area contributed by atoms with Gasteiger partial charge in [0.25, 0.3) is 0 Å². The normalized spacial score (nSPS) is 32.4. The Morgan fingerprint density at radius 3 is 2.48 bits per heavy atom. The van der Waals surface area contributed by atoms with Crippen molar-refractivity contribution in [3.63, 3.8) is 0 Å². The molecule has 0 aliphatic heterocycles. The van der Waals surface area contributed by atoms with Crippen molar-refractivity contribution < 1.29 is 9.00 Å². The van der Waals surface area contributed by atoms with Crippen LogP contribution in [-0.2, 0) is 10.8 Å². The van der Waals surface area contributed by atoms with E-state index in [0.29, 0.717) is 5.92 Å². The fourth-order valence-electron chi connectivity index (χ4n) is 3.71. The highest BCUT2D eigenvalue weighted by Crippen LogP contribution is 2.30. The zero-order valence-corrected chi connectivity index (χ0v) is 14.3. The summed E-state index contributed by atoms with van der Waals surface area (Å²) >= 11 is 0. The van der Waals surface area contributed by atoms with Crippen molar-refractivity contribution in [2.45, 2.75) is 68.2 Å². The number of hydrogen-bond acceptors (Lipinski definition) is 4. The number of carbonyl (C=O) groups excluding carboxylic acids is 1. The number of hydrogen-bond donors (Lipinski definition) is 3. The molecule has 2 amide bonds. The monoisotopic (exact) mass is 339 g/mol. The Morgan fingerprint density at radius 1 is 1.17 bits per heavy atom. The fraction of sp³-hybridized carbons (Fsp3) is 0.800. The number of nitrogens with zero attached hydrogens (tertiary/aromatic N) is 2. The Kier molecular flexibility index (Phi) is 5.30. The van der Waals surface area contributed by atoms with Gasteiger partial charge < -0.3 is 10.6 Å². The lowest BCUT2D eigenvalue weighted by Crippen LogP contribution is -2.46. The number of aromatic amines is 1. The molecule has 3 unspecified atom stereocenters. The van der Waals surface area contributed by atoms with Crippen molar-refractivity contribution in [3.8, 4) is 0 Å². The molecule has 0 spiro atoms. The highest BCUT2D eigenvalue weighted by molar-refractivity contribution is 7.84. The third-order valence-corrected chi connectivity index (χ3v) is 6.44. The molecule has 1 aromatic rings. The summed E-state index contributed by atoms with van der Waals surface area (Å²) < 4.78 is 11.5. The molecule has 2 saturated carbocycles. The molecule has 2 aliphatic carbocycles. The minimum Gasteiger partial charge on any atom is -0.335 e. The molecular formula is C15H25N5O2S. The molecule has 0 aromatic carbocycles. The summed E-state index contributed by atoms with van der Waals surface area (Å²) in [5, 5.41) is 13.2. The van der Waals surface area contributed by atoms with E-state index >= 15 is 0 Å². The summed E-state index contributed by atoms with van der Waals surface area (Å²) in [6.45, 7) is 0. The second-order valence-corrected chi connectivity index (χ2v) is 8.33. The second-order valence-electron chi connectivity index (χ2n) is 6.67. The summed E-state index contributed by atoms with van der Waals surface area (Å²) in [4.78, 5) is 16.4. The molecule has 2 aliphatic rings. The van der Waals surface area contributed by atoms with Crippen molar-refractivity contribution in [1.29, 1.82) is 0 Å². The van der Waals surface area contributed by atoms with E-state index in [1.165, 1.54) is 0 Å². The van der Waals surface area contributed by atoms with Crippen LogP contribution in [0.15, 0.2) is 6.33 Å². The van der Waals surface area contributed by atoms with Crippen LogP contribution in [0.3, 0.4) is 0 Å². The van der Waals surface area contributed by atoms with Gasteiger partial charge in [0.05, 0.1) is 0 Å². The van der Waals surface area contributed by atoms with E-state index in [1.54, 1.807) is 12.6 Å². The lowest BCUT2D eigenvalue weighted by Gasteiger charge is -2.28. The standard InChI is InChI=1S/C15H25N5O2S/c1-23(22)13-7-6-12(8-13)19-15(21)18-11-4-2-10(3-5-11)14-16-9-17-20-14/h9-13H,2-8H2,1H3,(H,16,17,20)(H2,18,19,21). The van der Waals surface area contributed by atoms with Crippen LogP contribution < -0.4 is 10.6 Å². The van der Waals surface area contributed by atoms with Gasteiger partial charge in [-0.2, -0.15) is 5.10 Å². The number of aromatic nitrogens is 3. The molecule has 2 fully saturated rings. The Morgan fingerprint density at radius 2 is 1.87 bits per heavy atom. The molecule has 8 heteroatoms. The predicted molar refractivity (Wildman–Crippen MR) is 88.5 cm³/mol. The van der Waals surface area contributed by atoms with E-state index in [4.69, 9.17) is 0 Å². The van der Waals surface area contributed by atoms with Crippen LogP contribution >= 0.6 is 0 Å². The Balaban J connectivity index is 1.39. The van der Waals surface area contributed by atoms with Crippen LogP contribution in [0.25, 0.3) is 0 Å². The largest absolute Gasteiger partial charge is 0.335 e. The van der Waals surface area contributed by atoms with Crippen LogP contribution in [-0.4, -0.2) is 49.0 Å². The van der Waals surface area contributed by atoms with Crippen molar-refractivity contribution in [1.82, 2.24) is 25.8 Å². The topological polar surface area (TPSA) is 99.8 Å². The molecule has 23 heavy (non-hydrogen) atoms. The van der Waals surface area contributed by atoms with Crippen LogP contribution in [0.1, 0.15) is 56.7 Å². The zero-order chi connectivity index (χ0) is 16.2. The summed E-state index contributed by atoms with van der Waals surface area (Å²) in [7, 11) is -0.787. The smallest absolute Gasteiger partial charge is 0.315 e. The van der Waals surface area contributed by atoms with Crippen LogP contribution in [0.2, 0.25) is 0 Å². The van der Waals surface area contributed by atoms with Gasteiger partial charge in [0.15, 0.2) is 0 Å². The van der Waals surface area contributed by atoms with Gasteiger partial charge in [-0.05, 0) is 44.9 Å². The molecule has 0 bridgehead atoms. The van der Waals surface area contributed by atoms with Gasteiger partial charge in [0.2, 0.25) is 0 Å². The molecule has 1 aromatic heterocycles. The van der Waals surface area contributed by atoms with Gasteiger partial charge in [0.1, 0.15) is 12.2 Å². The summed E-state index contributed by atoms with van der Waals surface area (Å²) in [5.74, 6) is 1.38. The van der Waals surface area contributed by atoms with Crippen molar-refractivity contribution in [2.75, 3.05) is 6.26 Å². The molecule has 3 N–H and O–H groups in total. The average Bonchev–Trinajstić information content (AvgIpc) is 3.19. The maximum absolute atomic E-state index is 12.1. The fourth-order valence-corrected chi connectivity index (χ4v) is 4.68. The first-order valence-corrected chi connectivity index (χ1v) is 9.98. The summed E-state index contributed by atoms with van der Waals surface area (Å²) in [5.41, 5.74) is 0. The lowest BCUT2D eigenvalue weighted by molar-refractivity contribution is 0.227. The minimum atomic E-state index is -0.787. The first-order chi connectivity index (χ1) is 11.1. The third kappa shape index (κ3) is 4.31. The number of amides is 2. The highest BCUT2D eigenvalue weighted by Gasteiger charge is 2.29. The molecule has 3 atom stereocenters. The van der Waals surface area contributed by atoms with E-state index in [1.807, 2.05) is 0 Å². The van der Waals surface area contributed by atoms with Crippen LogP contribution in [0, 0.1) is 0 Å². The molecule has 1 heterocycles. The van der Waals surface area contributed by atoms with E-state index in [2.05, 4.69) is 25.8 Å². The Bertz CT molecular complexity index is 542. The molecule has 0 radical (unpaired) electrons. The summed E-state index contributed by atoms with van der Waals surface area (Å²) in [6, 6.07) is 0.307. The van der Waals surface area contributed by atoms with E-state index in [0.717, 1.165) is 50.8 Å². The number of urea groups is 1. The summed E-state index contributed by atoms with van der Waals surface area (Å²) in [6.07, 6.45) is 9.95. The highest BCUT2D eigenvalue weighted by atomic mass is 32.2. The van der Waals surface area contributed by atoms with E-state index < -0.39 is 10.8 Å². The Hall–Kier alpha value is -1.44. The SMILES string of the molecule is CS(=O)C1CCC(NC(=O)NC2CCC(c3ncn[nH]3)CC2)C1. The number of H-pyrrole nitrogens is 1. The van der Waals surface area contributed by atoms with Gasteiger partial charge in [-0.25, -0.2) is 9.78 Å². The van der Waals surface area contributed by atoms with Gasteiger partial charge in [0, 0.05) is 40.3 Å². The first-order valence-electron chi connectivity index (χ1n) is 8.36. The van der Waals surface area contributed by atoms with Gasteiger partial charge in [-0.15, -0.1) is 0 Å². The number of nitrogens with one attached hydrogen (secondary N) is 3. The minimum absolute atomic E-state index is 0.0827. The maximum atomic E-state index is 12.1. The Labute approximate surface area is 138 Å². The van der Waals surface area contributed by atoms with Crippen molar-refractivity contribution >= 4 is 16.8 Å². The average molecular weight is 339 g/mol. The van der Waals surface area contributed by atoms with Crippen LogP contribution in [0.5, 0.6) is 0 Å². The third-order valence-electron chi connectivity index (χ3n) is 5.07.